The number of hydrogen-bond donors (Lipinski definition) is 0. The highest BCUT2D eigenvalue weighted by Crippen LogP contribution is 2.28. The van der Waals surface area contributed by atoms with Crippen molar-refractivity contribution in [3.8, 4) is 23.1 Å². The van der Waals surface area contributed by atoms with Gasteiger partial charge in [-0.15, -0.1) is 10.2 Å². The molecule has 170 valence electrons. The summed E-state index contributed by atoms with van der Waals surface area (Å²) in [6.07, 6.45) is 3.63. The molecule has 0 bridgehead atoms. The summed E-state index contributed by atoms with van der Waals surface area (Å²) in [4.78, 5) is 18.8. The zero-order valence-corrected chi connectivity index (χ0v) is 19.0. The molecule has 0 radical (unpaired) electrons. The van der Waals surface area contributed by atoms with E-state index < -0.39 is 0 Å². The number of rotatable bonds is 9. The molecule has 0 saturated heterocycles. The Labute approximate surface area is 200 Å². The highest BCUT2D eigenvalue weighted by molar-refractivity contribution is 7.99. The Bertz CT molecular complexity index is 1270. The maximum Gasteiger partial charge on any atom is 0.233 e. The predicted molar refractivity (Wildman–Crippen MR) is 127 cm³/mol. The van der Waals surface area contributed by atoms with Crippen LogP contribution in [0.5, 0.6) is 0 Å². The summed E-state index contributed by atoms with van der Waals surface area (Å²) in [7, 11) is 0. The molecule has 0 N–H and O–H groups in total. The first-order valence-corrected chi connectivity index (χ1v) is 11.6. The summed E-state index contributed by atoms with van der Waals surface area (Å²) >= 11 is 1.27. The molecule has 1 amide bonds. The predicted octanol–water partition coefficient (Wildman–Crippen LogP) is 4.50. The minimum atomic E-state index is -0.333. The van der Waals surface area contributed by atoms with Crippen molar-refractivity contribution in [2.24, 2.45) is 0 Å². The van der Waals surface area contributed by atoms with Crippen LogP contribution in [0, 0.1) is 17.1 Å². The molecular weight excluding hydrogens is 451 g/mol. The number of carbonyl (C=O) groups is 1. The van der Waals surface area contributed by atoms with E-state index in [-0.39, 0.29) is 23.9 Å². The molecule has 0 fully saturated rings. The number of pyridine rings is 1. The van der Waals surface area contributed by atoms with Crippen LogP contribution in [0.1, 0.15) is 12.0 Å². The Morgan fingerprint density at radius 1 is 1.06 bits per heavy atom. The van der Waals surface area contributed by atoms with E-state index in [0.717, 1.165) is 11.3 Å². The highest BCUT2D eigenvalue weighted by Gasteiger charge is 2.20. The van der Waals surface area contributed by atoms with Crippen LogP contribution in [0.15, 0.2) is 84.3 Å². The van der Waals surface area contributed by atoms with Crippen molar-refractivity contribution in [2.45, 2.75) is 18.1 Å². The van der Waals surface area contributed by atoms with Gasteiger partial charge in [-0.2, -0.15) is 5.26 Å². The van der Waals surface area contributed by atoms with Gasteiger partial charge in [0.15, 0.2) is 11.0 Å². The molecule has 34 heavy (non-hydrogen) atoms. The van der Waals surface area contributed by atoms with E-state index in [1.807, 2.05) is 47.0 Å². The SMILES string of the molecule is N#CCCN(Cc1cccnc1)C(=O)CSc1nnc(-c2ccc(F)cc2)n1-c1ccccc1. The fourth-order valence-electron chi connectivity index (χ4n) is 3.37. The Hall–Kier alpha value is -4.03. The van der Waals surface area contributed by atoms with Crippen LogP contribution in [0.25, 0.3) is 17.1 Å². The van der Waals surface area contributed by atoms with Crippen molar-refractivity contribution in [3.05, 3.63) is 90.5 Å². The van der Waals surface area contributed by atoms with E-state index in [0.29, 0.717) is 29.6 Å². The van der Waals surface area contributed by atoms with Gasteiger partial charge in [0.05, 0.1) is 18.2 Å². The minimum absolute atomic E-state index is 0.116. The van der Waals surface area contributed by atoms with Crippen LogP contribution in [-0.2, 0) is 11.3 Å². The molecule has 4 aromatic rings. The summed E-state index contributed by atoms with van der Waals surface area (Å²) in [6, 6.07) is 21.4. The fraction of sp³-hybridized carbons (Fsp3) is 0.160. The van der Waals surface area contributed by atoms with Gasteiger partial charge in [0, 0.05) is 36.7 Å². The van der Waals surface area contributed by atoms with Crippen LogP contribution in [0.4, 0.5) is 4.39 Å². The Balaban J connectivity index is 1.57. The first-order chi connectivity index (χ1) is 16.7. The number of carbonyl (C=O) groups excluding carboxylic acids is 1. The van der Waals surface area contributed by atoms with Crippen molar-refractivity contribution in [2.75, 3.05) is 12.3 Å². The lowest BCUT2D eigenvalue weighted by Crippen LogP contribution is -2.33. The van der Waals surface area contributed by atoms with Crippen molar-refractivity contribution >= 4 is 17.7 Å². The average Bonchev–Trinajstić information content (AvgIpc) is 3.30. The number of benzene rings is 2. The molecule has 0 spiro atoms. The first-order valence-electron chi connectivity index (χ1n) is 10.6. The molecule has 2 aromatic heterocycles. The van der Waals surface area contributed by atoms with E-state index in [9.17, 15) is 9.18 Å². The lowest BCUT2D eigenvalue weighted by molar-refractivity contribution is -0.128. The lowest BCUT2D eigenvalue weighted by atomic mass is 10.2. The second-order valence-electron chi connectivity index (χ2n) is 7.36. The number of para-hydroxylation sites is 1. The normalized spacial score (nSPS) is 10.6. The van der Waals surface area contributed by atoms with Gasteiger partial charge >= 0.3 is 0 Å². The molecule has 4 rings (SSSR count). The van der Waals surface area contributed by atoms with Gasteiger partial charge in [-0.05, 0) is 48.0 Å². The molecular formula is C25H21FN6OS. The fourth-order valence-corrected chi connectivity index (χ4v) is 4.22. The average molecular weight is 473 g/mol. The highest BCUT2D eigenvalue weighted by atomic mass is 32.2. The smallest absolute Gasteiger partial charge is 0.233 e. The summed E-state index contributed by atoms with van der Waals surface area (Å²) in [6.45, 7) is 0.706. The molecule has 0 aliphatic rings. The Kier molecular flexibility index (Phi) is 7.63. The van der Waals surface area contributed by atoms with E-state index >= 15 is 0 Å². The summed E-state index contributed by atoms with van der Waals surface area (Å²) in [5.41, 5.74) is 2.44. The molecule has 0 unspecified atom stereocenters. The molecule has 2 heterocycles. The number of aromatic nitrogens is 4. The lowest BCUT2D eigenvalue weighted by Gasteiger charge is -2.21. The first kappa shape index (κ1) is 23.1. The van der Waals surface area contributed by atoms with Gasteiger partial charge in [0.2, 0.25) is 5.91 Å². The standard InChI is InChI=1S/C25H21FN6OS/c26-21-11-9-20(10-12-21)24-29-30-25(32(24)22-7-2-1-3-8-22)34-18-23(33)31(15-5-13-27)17-19-6-4-14-28-16-19/h1-4,6-12,14,16H,5,15,17-18H2. The number of halogens is 1. The van der Waals surface area contributed by atoms with Crippen LogP contribution < -0.4 is 0 Å². The Morgan fingerprint density at radius 3 is 2.56 bits per heavy atom. The maximum atomic E-state index is 13.4. The number of nitriles is 1. The molecule has 0 aliphatic carbocycles. The zero-order valence-electron chi connectivity index (χ0n) is 18.2. The van der Waals surface area contributed by atoms with Crippen LogP contribution in [-0.4, -0.2) is 42.9 Å². The largest absolute Gasteiger partial charge is 0.337 e. The summed E-state index contributed by atoms with van der Waals surface area (Å²) < 4.78 is 15.3. The van der Waals surface area contributed by atoms with Crippen molar-refractivity contribution < 1.29 is 9.18 Å². The van der Waals surface area contributed by atoms with Crippen molar-refractivity contribution in [1.29, 1.82) is 5.26 Å². The van der Waals surface area contributed by atoms with Crippen LogP contribution in [0.3, 0.4) is 0 Å². The quantitative estimate of drug-likeness (QED) is 0.333. The number of nitrogens with zero attached hydrogens (tertiary/aromatic N) is 6. The van der Waals surface area contributed by atoms with Crippen molar-refractivity contribution in [1.82, 2.24) is 24.6 Å². The molecule has 2 aromatic carbocycles. The third kappa shape index (κ3) is 5.66. The van der Waals surface area contributed by atoms with Gasteiger partial charge in [-0.25, -0.2) is 4.39 Å². The van der Waals surface area contributed by atoms with Gasteiger partial charge in [-0.3, -0.25) is 14.3 Å². The van der Waals surface area contributed by atoms with Crippen LogP contribution >= 0.6 is 11.8 Å². The topological polar surface area (TPSA) is 87.7 Å². The Morgan fingerprint density at radius 2 is 1.85 bits per heavy atom. The second kappa shape index (κ2) is 11.2. The third-order valence-electron chi connectivity index (χ3n) is 5.02. The molecule has 7 nitrogen and oxygen atoms in total. The molecule has 0 aliphatic heterocycles. The maximum absolute atomic E-state index is 13.4. The number of thioether (sulfide) groups is 1. The monoisotopic (exact) mass is 472 g/mol. The van der Waals surface area contributed by atoms with Crippen LogP contribution in [0.2, 0.25) is 0 Å². The number of amides is 1. The van der Waals surface area contributed by atoms with E-state index in [2.05, 4.69) is 21.3 Å². The van der Waals surface area contributed by atoms with E-state index in [1.165, 1.54) is 23.9 Å². The molecule has 0 atom stereocenters. The number of hydrogen-bond acceptors (Lipinski definition) is 6. The van der Waals surface area contributed by atoms with Gasteiger partial charge < -0.3 is 4.90 Å². The van der Waals surface area contributed by atoms with Crippen molar-refractivity contribution in [3.63, 3.8) is 0 Å². The summed E-state index contributed by atoms with van der Waals surface area (Å²) in [5.74, 6) is 0.230. The molecule has 0 saturated carbocycles. The van der Waals surface area contributed by atoms with E-state index in [1.54, 1.807) is 29.4 Å². The van der Waals surface area contributed by atoms with Gasteiger partial charge in [0.25, 0.3) is 0 Å². The zero-order chi connectivity index (χ0) is 23.8. The second-order valence-corrected chi connectivity index (χ2v) is 8.30. The van der Waals surface area contributed by atoms with Gasteiger partial charge in [-0.1, -0.05) is 36.0 Å². The van der Waals surface area contributed by atoms with E-state index in [4.69, 9.17) is 5.26 Å². The van der Waals surface area contributed by atoms with Gasteiger partial charge in [0.1, 0.15) is 5.82 Å². The molecule has 9 heteroatoms. The minimum Gasteiger partial charge on any atom is -0.337 e. The third-order valence-corrected chi connectivity index (χ3v) is 5.93. The summed E-state index contributed by atoms with van der Waals surface area (Å²) in [5, 5.41) is 18.2.